The average Bonchev–Trinajstić information content (AvgIpc) is 2.87. The van der Waals surface area contributed by atoms with Gasteiger partial charge in [-0.2, -0.15) is 0 Å². The van der Waals surface area contributed by atoms with Crippen molar-refractivity contribution in [2.45, 2.75) is 46.1 Å². The Kier molecular flexibility index (Phi) is 5.42. The van der Waals surface area contributed by atoms with Crippen LogP contribution in [0.5, 0.6) is 0 Å². The fraction of sp³-hybridized carbons (Fsp3) is 0.500. The maximum Gasteiger partial charge on any atom is 0.123 e. The minimum Gasteiger partial charge on any atom is -0.305 e. The van der Waals surface area contributed by atoms with Crippen LogP contribution in [-0.2, 0) is 0 Å². The predicted molar refractivity (Wildman–Crippen MR) is 85.3 cm³/mol. The lowest BCUT2D eigenvalue weighted by atomic mass is 9.98. The minimum atomic E-state index is -0.197. The molecular formula is C16H22FN3S. The molecule has 2 aromatic rings. The molecule has 0 aliphatic rings. The van der Waals surface area contributed by atoms with Crippen LogP contribution in [0.1, 0.15) is 60.8 Å². The molecule has 1 N–H and O–H groups in total. The molecule has 3 nitrogen and oxygen atoms in total. The second-order valence-corrected chi connectivity index (χ2v) is 6.41. The molecule has 0 spiro atoms. The summed E-state index contributed by atoms with van der Waals surface area (Å²) < 4.78 is 17.9. The van der Waals surface area contributed by atoms with Crippen molar-refractivity contribution in [2.24, 2.45) is 0 Å². The molecule has 1 atom stereocenters. The lowest BCUT2D eigenvalue weighted by molar-refractivity contribution is 0.583. The number of benzene rings is 1. The van der Waals surface area contributed by atoms with Gasteiger partial charge in [0.1, 0.15) is 5.82 Å². The smallest absolute Gasteiger partial charge is 0.123 e. The number of aryl methyl sites for hydroxylation is 1. The summed E-state index contributed by atoms with van der Waals surface area (Å²) in [4.78, 5) is 1.09. The molecule has 0 aliphatic carbocycles. The fourth-order valence-corrected chi connectivity index (χ4v) is 3.30. The summed E-state index contributed by atoms with van der Waals surface area (Å²) in [6.07, 6.45) is 1.02. The lowest BCUT2D eigenvalue weighted by Gasteiger charge is -2.20. The molecule has 1 unspecified atom stereocenters. The maximum atomic E-state index is 13.8. The Bertz CT molecular complexity index is 575. The molecule has 0 saturated heterocycles. The lowest BCUT2D eigenvalue weighted by Crippen LogP contribution is -2.23. The van der Waals surface area contributed by atoms with E-state index in [-0.39, 0.29) is 11.9 Å². The van der Waals surface area contributed by atoms with Crippen LogP contribution in [0, 0.1) is 12.7 Å². The van der Waals surface area contributed by atoms with E-state index in [2.05, 4.69) is 35.7 Å². The van der Waals surface area contributed by atoms with Gasteiger partial charge in [0.15, 0.2) is 0 Å². The topological polar surface area (TPSA) is 37.8 Å². The fourth-order valence-electron chi connectivity index (χ4n) is 2.39. The highest BCUT2D eigenvalue weighted by Gasteiger charge is 2.22. The van der Waals surface area contributed by atoms with E-state index in [0.29, 0.717) is 5.92 Å². The maximum absolute atomic E-state index is 13.8. The largest absolute Gasteiger partial charge is 0.305 e. The van der Waals surface area contributed by atoms with Gasteiger partial charge in [-0.05, 0) is 60.6 Å². The van der Waals surface area contributed by atoms with Gasteiger partial charge in [0.2, 0.25) is 0 Å². The summed E-state index contributed by atoms with van der Waals surface area (Å²) in [6.45, 7) is 9.12. The number of hydrogen-bond donors (Lipinski definition) is 1. The average molecular weight is 307 g/mol. The zero-order chi connectivity index (χ0) is 15.4. The van der Waals surface area contributed by atoms with E-state index in [4.69, 9.17) is 0 Å². The van der Waals surface area contributed by atoms with Crippen LogP contribution in [0.25, 0.3) is 0 Å². The van der Waals surface area contributed by atoms with E-state index < -0.39 is 0 Å². The van der Waals surface area contributed by atoms with Crippen molar-refractivity contribution in [3.8, 4) is 0 Å². The van der Waals surface area contributed by atoms with Crippen molar-refractivity contribution in [2.75, 3.05) is 6.54 Å². The number of aromatic nitrogens is 2. The third kappa shape index (κ3) is 3.86. The molecule has 1 aromatic heterocycles. The molecule has 0 amide bonds. The van der Waals surface area contributed by atoms with Gasteiger partial charge < -0.3 is 5.32 Å². The van der Waals surface area contributed by atoms with Gasteiger partial charge in [-0.3, -0.25) is 0 Å². The SMILES string of the molecule is CCCNC(c1cc(C)cc(F)c1)c1snnc1C(C)C. The summed E-state index contributed by atoms with van der Waals surface area (Å²) in [5.74, 6) is 0.108. The Labute approximate surface area is 129 Å². The van der Waals surface area contributed by atoms with Gasteiger partial charge in [0.05, 0.1) is 16.6 Å². The van der Waals surface area contributed by atoms with Gasteiger partial charge in [-0.15, -0.1) is 5.10 Å². The second kappa shape index (κ2) is 7.09. The molecular weight excluding hydrogens is 285 g/mol. The Hall–Kier alpha value is -1.33. The molecule has 1 aromatic carbocycles. The molecule has 0 saturated carbocycles. The first-order valence-corrected chi connectivity index (χ1v) is 8.12. The van der Waals surface area contributed by atoms with E-state index in [1.807, 2.05) is 13.0 Å². The molecule has 5 heteroatoms. The van der Waals surface area contributed by atoms with Crippen LogP contribution in [0.3, 0.4) is 0 Å². The van der Waals surface area contributed by atoms with Crippen molar-refractivity contribution in [1.29, 1.82) is 0 Å². The van der Waals surface area contributed by atoms with Gasteiger partial charge >= 0.3 is 0 Å². The number of nitrogens with one attached hydrogen (secondary N) is 1. The third-order valence-electron chi connectivity index (χ3n) is 3.35. The predicted octanol–water partition coefficient (Wildman–Crippen LogP) is 4.20. The van der Waals surface area contributed by atoms with E-state index in [1.165, 1.54) is 11.5 Å². The summed E-state index contributed by atoms with van der Waals surface area (Å²) in [7, 11) is 0. The molecule has 2 rings (SSSR count). The van der Waals surface area contributed by atoms with Crippen molar-refractivity contribution in [3.05, 3.63) is 45.7 Å². The Morgan fingerprint density at radius 1 is 1.29 bits per heavy atom. The van der Waals surface area contributed by atoms with Crippen LogP contribution in [0.15, 0.2) is 18.2 Å². The number of nitrogens with zero attached hydrogens (tertiary/aromatic N) is 2. The normalized spacial score (nSPS) is 12.9. The minimum absolute atomic E-state index is 0.0447. The molecule has 0 bridgehead atoms. The quantitative estimate of drug-likeness (QED) is 0.869. The molecule has 0 fully saturated rings. The highest BCUT2D eigenvalue weighted by atomic mass is 32.1. The molecule has 21 heavy (non-hydrogen) atoms. The van der Waals surface area contributed by atoms with Crippen molar-refractivity contribution < 1.29 is 4.39 Å². The van der Waals surface area contributed by atoms with Gasteiger partial charge in [-0.1, -0.05) is 31.3 Å². The second-order valence-electron chi connectivity index (χ2n) is 5.63. The Balaban J connectivity index is 2.44. The number of halogens is 1. The molecule has 0 aliphatic heterocycles. The molecule has 0 radical (unpaired) electrons. The van der Waals surface area contributed by atoms with E-state index >= 15 is 0 Å². The standard InChI is InChI=1S/C16H22FN3S/c1-5-6-18-15(12-7-11(4)8-13(17)9-12)16-14(10(2)3)19-20-21-16/h7-10,15,18H,5-6H2,1-4H3. The van der Waals surface area contributed by atoms with Crippen LogP contribution in [-0.4, -0.2) is 16.1 Å². The zero-order valence-electron chi connectivity index (χ0n) is 13.0. The van der Waals surface area contributed by atoms with Crippen molar-refractivity contribution >= 4 is 11.5 Å². The first-order valence-electron chi connectivity index (χ1n) is 7.35. The van der Waals surface area contributed by atoms with E-state index in [9.17, 15) is 4.39 Å². The molecule has 114 valence electrons. The Morgan fingerprint density at radius 3 is 2.67 bits per heavy atom. The van der Waals surface area contributed by atoms with Crippen LogP contribution in [0.2, 0.25) is 0 Å². The van der Waals surface area contributed by atoms with E-state index in [0.717, 1.165) is 34.7 Å². The summed E-state index contributed by atoms with van der Waals surface area (Å²) in [5, 5.41) is 7.75. The van der Waals surface area contributed by atoms with Gasteiger partial charge in [0.25, 0.3) is 0 Å². The summed E-state index contributed by atoms with van der Waals surface area (Å²) in [5.41, 5.74) is 2.86. The third-order valence-corrected chi connectivity index (χ3v) is 4.15. The van der Waals surface area contributed by atoms with Crippen molar-refractivity contribution in [1.82, 2.24) is 14.9 Å². The Morgan fingerprint density at radius 2 is 2.05 bits per heavy atom. The van der Waals surface area contributed by atoms with Crippen molar-refractivity contribution in [3.63, 3.8) is 0 Å². The van der Waals surface area contributed by atoms with Gasteiger partial charge in [-0.25, -0.2) is 4.39 Å². The first kappa shape index (κ1) is 16.0. The van der Waals surface area contributed by atoms with Gasteiger partial charge in [0, 0.05) is 0 Å². The molecule has 1 heterocycles. The first-order chi connectivity index (χ1) is 10.0. The highest BCUT2D eigenvalue weighted by molar-refractivity contribution is 7.05. The van der Waals surface area contributed by atoms with Crippen LogP contribution >= 0.6 is 11.5 Å². The van der Waals surface area contributed by atoms with E-state index in [1.54, 1.807) is 12.1 Å². The zero-order valence-corrected chi connectivity index (χ0v) is 13.8. The van der Waals surface area contributed by atoms with Crippen LogP contribution in [0.4, 0.5) is 4.39 Å². The monoisotopic (exact) mass is 307 g/mol. The summed E-state index contributed by atoms with van der Waals surface area (Å²) in [6, 6.07) is 5.13. The highest BCUT2D eigenvalue weighted by Crippen LogP contribution is 2.31. The van der Waals surface area contributed by atoms with Crippen LogP contribution < -0.4 is 5.32 Å². The number of rotatable bonds is 6. The number of hydrogen-bond acceptors (Lipinski definition) is 4. The summed E-state index contributed by atoms with van der Waals surface area (Å²) >= 11 is 1.40.